The number of hydrogen-bond donors (Lipinski definition) is 3. The molecule has 1 fully saturated rings. The van der Waals surface area contributed by atoms with E-state index in [0.29, 0.717) is 11.3 Å². The number of para-hydroxylation sites is 1. The molecular weight excluding hydrogens is 202 g/mol. The summed E-state index contributed by atoms with van der Waals surface area (Å²) in [5.41, 5.74) is 12.7. The van der Waals surface area contributed by atoms with Crippen molar-refractivity contribution in [3.05, 3.63) is 23.8 Å². The third-order valence-corrected chi connectivity index (χ3v) is 2.94. The van der Waals surface area contributed by atoms with E-state index in [1.807, 2.05) is 6.07 Å². The lowest BCUT2D eigenvalue weighted by Gasteiger charge is -2.11. The topological polar surface area (TPSA) is 81.1 Å². The third kappa shape index (κ3) is 2.45. The van der Waals surface area contributed by atoms with Crippen LogP contribution in [0.1, 0.15) is 29.6 Å². The molecule has 0 atom stereocenters. The molecule has 86 valence electrons. The summed E-state index contributed by atoms with van der Waals surface area (Å²) in [4.78, 5) is 11.1. The van der Waals surface area contributed by atoms with Crippen molar-refractivity contribution < 1.29 is 4.79 Å². The third-order valence-electron chi connectivity index (χ3n) is 2.94. The van der Waals surface area contributed by atoms with E-state index in [2.05, 4.69) is 5.32 Å². The van der Waals surface area contributed by atoms with E-state index in [4.69, 9.17) is 11.5 Å². The zero-order valence-corrected chi connectivity index (χ0v) is 9.20. The van der Waals surface area contributed by atoms with Gasteiger partial charge in [0.25, 0.3) is 5.91 Å². The number of carbonyl (C=O) groups excluding carboxylic acids is 1. The maximum atomic E-state index is 11.1. The molecule has 2 rings (SSSR count). The lowest BCUT2D eigenvalue weighted by molar-refractivity contribution is 0.100. The minimum absolute atomic E-state index is 0.386. The Balaban J connectivity index is 2.01. The number of primary amides is 1. The highest BCUT2D eigenvalue weighted by Crippen LogP contribution is 2.32. The quantitative estimate of drug-likeness (QED) is 0.658. The summed E-state index contributed by atoms with van der Waals surface area (Å²) >= 11 is 0. The first-order valence-electron chi connectivity index (χ1n) is 5.60. The number of hydrogen-bond acceptors (Lipinski definition) is 3. The molecule has 4 heteroatoms. The minimum atomic E-state index is -0.483. The van der Waals surface area contributed by atoms with Gasteiger partial charge in [-0.2, -0.15) is 0 Å². The van der Waals surface area contributed by atoms with Gasteiger partial charge in [-0.05, 0) is 24.5 Å². The number of amides is 1. The van der Waals surface area contributed by atoms with E-state index < -0.39 is 5.91 Å². The van der Waals surface area contributed by atoms with Gasteiger partial charge in [0.05, 0.1) is 16.9 Å². The van der Waals surface area contributed by atoms with Crippen LogP contribution in [0, 0.1) is 5.92 Å². The fraction of sp³-hybridized carbons (Fsp3) is 0.417. The molecule has 4 nitrogen and oxygen atoms in total. The maximum Gasteiger partial charge on any atom is 0.250 e. The number of benzene rings is 1. The predicted octanol–water partition coefficient (Wildman–Crippen LogP) is 1.58. The number of nitrogens with two attached hydrogens (primary N) is 2. The first-order valence-corrected chi connectivity index (χ1v) is 5.60. The second-order valence-electron chi connectivity index (χ2n) is 4.29. The van der Waals surface area contributed by atoms with Gasteiger partial charge in [-0.25, -0.2) is 0 Å². The molecule has 1 saturated carbocycles. The van der Waals surface area contributed by atoms with Crippen molar-refractivity contribution in [2.24, 2.45) is 11.7 Å². The van der Waals surface area contributed by atoms with Gasteiger partial charge < -0.3 is 16.8 Å². The molecule has 0 unspecified atom stereocenters. The second-order valence-corrected chi connectivity index (χ2v) is 4.29. The van der Waals surface area contributed by atoms with Gasteiger partial charge in [-0.3, -0.25) is 4.79 Å². The SMILES string of the molecule is NC(=O)c1cccc(NCCC2CC2)c1N. The van der Waals surface area contributed by atoms with Gasteiger partial charge in [-0.15, -0.1) is 0 Å². The monoisotopic (exact) mass is 219 g/mol. The molecule has 5 N–H and O–H groups in total. The largest absolute Gasteiger partial charge is 0.396 e. The Bertz CT molecular complexity index is 399. The number of carbonyl (C=O) groups is 1. The lowest BCUT2D eigenvalue weighted by Crippen LogP contribution is -2.15. The maximum absolute atomic E-state index is 11.1. The molecule has 1 aliphatic rings. The van der Waals surface area contributed by atoms with E-state index in [1.54, 1.807) is 12.1 Å². The molecule has 0 saturated heterocycles. The smallest absolute Gasteiger partial charge is 0.250 e. The highest BCUT2D eigenvalue weighted by molar-refractivity contribution is 6.00. The Hall–Kier alpha value is -1.71. The van der Waals surface area contributed by atoms with Gasteiger partial charge >= 0.3 is 0 Å². The Kier molecular flexibility index (Phi) is 2.99. The van der Waals surface area contributed by atoms with E-state index in [0.717, 1.165) is 18.2 Å². The van der Waals surface area contributed by atoms with Crippen molar-refractivity contribution in [3.63, 3.8) is 0 Å². The average molecular weight is 219 g/mol. The summed E-state index contributed by atoms with van der Waals surface area (Å²) in [5.74, 6) is 0.399. The predicted molar refractivity (Wildman–Crippen MR) is 65.2 cm³/mol. The van der Waals surface area contributed by atoms with Crippen LogP contribution in [0.4, 0.5) is 11.4 Å². The van der Waals surface area contributed by atoms with Crippen LogP contribution in [-0.2, 0) is 0 Å². The Morgan fingerprint density at radius 1 is 1.44 bits per heavy atom. The van der Waals surface area contributed by atoms with Crippen molar-refractivity contribution in [3.8, 4) is 0 Å². The highest BCUT2D eigenvalue weighted by atomic mass is 16.1. The number of nitrogen functional groups attached to an aromatic ring is 1. The van der Waals surface area contributed by atoms with E-state index in [-0.39, 0.29) is 0 Å². The van der Waals surface area contributed by atoms with Gasteiger partial charge in [0, 0.05) is 6.54 Å². The van der Waals surface area contributed by atoms with Crippen molar-refractivity contribution in [1.82, 2.24) is 0 Å². The number of nitrogens with one attached hydrogen (secondary N) is 1. The zero-order valence-electron chi connectivity index (χ0n) is 9.20. The summed E-state index contributed by atoms with van der Waals surface area (Å²) in [5, 5.41) is 3.25. The van der Waals surface area contributed by atoms with Crippen LogP contribution in [0.2, 0.25) is 0 Å². The van der Waals surface area contributed by atoms with Crippen LogP contribution in [0.3, 0.4) is 0 Å². The fourth-order valence-electron chi connectivity index (χ4n) is 1.75. The van der Waals surface area contributed by atoms with Gasteiger partial charge in [0.15, 0.2) is 0 Å². The van der Waals surface area contributed by atoms with Gasteiger partial charge in [0.2, 0.25) is 0 Å². The Morgan fingerprint density at radius 2 is 2.19 bits per heavy atom. The molecule has 1 amide bonds. The molecular formula is C12H17N3O. The Labute approximate surface area is 95.0 Å². The molecule has 0 bridgehead atoms. The molecule has 0 aromatic heterocycles. The summed E-state index contributed by atoms with van der Waals surface area (Å²) < 4.78 is 0. The van der Waals surface area contributed by atoms with Gasteiger partial charge in [-0.1, -0.05) is 18.9 Å². The average Bonchev–Trinajstić information content (AvgIpc) is 3.04. The van der Waals surface area contributed by atoms with E-state index in [9.17, 15) is 4.79 Å². The number of anilines is 2. The lowest BCUT2D eigenvalue weighted by atomic mass is 10.1. The van der Waals surface area contributed by atoms with Crippen LogP contribution in [-0.4, -0.2) is 12.5 Å². The normalized spacial score (nSPS) is 14.8. The standard InChI is InChI=1S/C12H17N3O/c13-11-9(12(14)16)2-1-3-10(11)15-7-6-8-4-5-8/h1-3,8,15H,4-7,13H2,(H2,14,16). The molecule has 16 heavy (non-hydrogen) atoms. The summed E-state index contributed by atoms with van der Waals surface area (Å²) in [6, 6.07) is 5.30. The molecule has 1 aliphatic carbocycles. The zero-order chi connectivity index (χ0) is 11.5. The van der Waals surface area contributed by atoms with Crippen molar-refractivity contribution in [2.45, 2.75) is 19.3 Å². The second kappa shape index (κ2) is 4.43. The molecule has 0 radical (unpaired) electrons. The highest BCUT2D eigenvalue weighted by Gasteiger charge is 2.20. The first-order chi connectivity index (χ1) is 7.68. The minimum Gasteiger partial charge on any atom is -0.396 e. The van der Waals surface area contributed by atoms with Crippen LogP contribution in [0.25, 0.3) is 0 Å². The molecule has 0 spiro atoms. The molecule has 0 heterocycles. The van der Waals surface area contributed by atoms with Crippen molar-refractivity contribution >= 4 is 17.3 Å². The van der Waals surface area contributed by atoms with Crippen LogP contribution in [0.5, 0.6) is 0 Å². The van der Waals surface area contributed by atoms with E-state index in [1.165, 1.54) is 19.3 Å². The molecule has 0 aliphatic heterocycles. The molecule has 1 aromatic carbocycles. The van der Waals surface area contributed by atoms with Crippen LogP contribution < -0.4 is 16.8 Å². The van der Waals surface area contributed by atoms with Crippen molar-refractivity contribution in [2.75, 3.05) is 17.6 Å². The van der Waals surface area contributed by atoms with Crippen LogP contribution in [0.15, 0.2) is 18.2 Å². The summed E-state index contributed by atoms with van der Waals surface area (Å²) in [6.07, 6.45) is 3.86. The van der Waals surface area contributed by atoms with Crippen LogP contribution >= 0.6 is 0 Å². The van der Waals surface area contributed by atoms with Gasteiger partial charge in [0.1, 0.15) is 0 Å². The summed E-state index contributed by atoms with van der Waals surface area (Å²) in [6.45, 7) is 0.900. The molecule has 1 aromatic rings. The summed E-state index contributed by atoms with van der Waals surface area (Å²) in [7, 11) is 0. The Morgan fingerprint density at radius 3 is 2.81 bits per heavy atom. The van der Waals surface area contributed by atoms with Crippen molar-refractivity contribution in [1.29, 1.82) is 0 Å². The fourth-order valence-corrected chi connectivity index (χ4v) is 1.75. The number of rotatable bonds is 5. The van der Waals surface area contributed by atoms with E-state index >= 15 is 0 Å². The first kappa shape index (κ1) is 10.8.